The van der Waals surface area contributed by atoms with Crippen molar-refractivity contribution in [2.75, 3.05) is 13.7 Å². The highest BCUT2D eigenvalue weighted by Crippen LogP contribution is 2.19. The number of fused-ring (bicyclic) bond motifs is 1. The summed E-state index contributed by atoms with van der Waals surface area (Å²) in [7, 11) is 1.26. The molecule has 0 aromatic heterocycles. The van der Waals surface area contributed by atoms with Crippen LogP contribution in [0.15, 0.2) is 42.5 Å². The zero-order valence-electron chi connectivity index (χ0n) is 16.6. The van der Waals surface area contributed by atoms with Crippen molar-refractivity contribution in [3.8, 4) is 0 Å². The quantitative estimate of drug-likeness (QED) is 0.670. The second-order valence-electron chi connectivity index (χ2n) is 7.26. The van der Waals surface area contributed by atoms with E-state index in [4.69, 9.17) is 0 Å². The number of hydrogen-bond donors (Lipinski definition) is 1. The molecule has 28 heavy (non-hydrogen) atoms. The number of carboxylic acid groups (broad SMARTS) is 1. The van der Waals surface area contributed by atoms with Crippen molar-refractivity contribution in [1.29, 1.82) is 0 Å². The minimum absolute atomic E-state index is 0.0633. The maximum atomic E-state index is 12.7. The number of ether oxygens (including phenoxy) is 1. The zero-order valence-corrected chi connectivity index (χ0v) is 16.6. The second kappa shape index (κ2) is 9.88. The van der Waals surface area contributed by atoms with E-state index in [2.05, 4.69) is 4.74 Å². The molecule has 0 fully saturated rings. The molecule has 6 nitrogen and oxygen atoms in total. The number of carbonyl (C=O) groups excluding carboxylic acids is 2. The fourth-order valence-electron chi connectivity index (χ4n) is 3.17. The van der Waals surface area contributed by atoms with Gasteiger partial charge in [0.25, 0.3) is 0 Å². The predicted molar refractivity (Wildman–Crippen MR) is 107 cm³/mol. The lowest BCUT2D eigenvalue weighted by Crippen LogP contribution is -2.48. The number of hydrogen-bond acceptors (Lipinski definition) is 4. The summed E-state index contributed by atoms with van der Waals surface area (Å²) in [5, 5.41) is 11.9. The van der Waals surface area contributed by atoms with Gasteiger partial charge in [0.1, 0.15) is 6.04 Å². The van der Waals surface area contributed by atoms with Crippen LogP contribution in [0.25, 0.3) is 10.8 Å². The standard InChI is InChI=1S/C22H27NO5/c1-15(2)14-23(20(24)10-11-21(25)28-3)19(22(26)27)13-16-8-9-17-6-4-5-7-18(17)12-16/h4-9,12,15,19H,10-11,13-14H2,1-3H3,(H,26,27)/t19-/m0/s1. The fraction of sp³-hybridized carbons (Fsp3) is 0.409. The van der Waals surface area contributed by atoms with Gasteiger partial charge < -0.3 is 14.7 Å². The molecule has 150 valence electrons. The van der Waals surface area contributed by atoms with Crippen LogP contribution in [-0.2, 0) is 25.5 Å². The highest BCUT2D eigenvalue weighted by molar-refractivity contribution is 5.87. The van der Waals surface area contributed by atoms with Crippen LogP contribution in [0, 0.1) is 5.92 Å². The molecule has 1 atom stereocenters. The Kier molecular flexibility index (Phi) is 7.55. The van der Waals surface area contributed by atoms with Gasteiger partial charge in [-0.2, -0.15) is 0 Å². The Morgan fingerprint density at radius 1 is 1.04 bits per heavy atom. The Bertz CT molecular complexity index is 846. The molecule has 0 unspecified atom stereocenters. The summed E-state index contributed by atoms with van der Waals surface area (Å²) in [6.45, 7) is 4.16. The van der Waals surface area contributed by atoms with Crippen LogP contribution in [0.3, 0.4) is 0 Å². The Morgan fingerprint density at radius 2 is 1.71 bits per heavy atom. The molecule has 0 aliphatic carbocycles. The van der Waals surface area contributed by atoms with E-state index < -0.39 is 18.0 Å². The maximum Gasteiger partial charge on any atom is 0.326 e. The van der Waals surface area contributed by atoms with Crippen LogP contribution in [0.2, 0.25) is 0 Å². The summed E-state index contributed by atoms with van der Waals surface area (Å²) in [5.41, 5.74) is 0.848. The first-order valence-electron chi connectivity index (χ1n) is 9.38. The molecule has 0 aliphatic heterocycles. The topological polar surface area (TPSA) is 83.9 Å². The lowest BCUT2D eigenvalue weighted by Gasteiger charge is -2.31. The highest BCUT2D eigenvalue weighted by Gasteiger charge is 2.30. The molecule has 0 heterocycles. The van der Waals surface area contributed by atoms with Gasteiger partial charge in [0.05, 0.1) is 13.5 Å². The number of rotatable bonds is 9. The van der Waals surface area contributed by atoms with Crippen LogP contribution in [0.1, 0.15) is 32.3 Å². The zero-order chi connectivity index (χ0) is 20.7. The molecule has 0 saturated heterocycles. The van der Waals surface area contributed by atoms with Gasteiger partial charge in [-0.15, -0.1) is 0 Å². The maximum absolute atomic E-state index is 12.7. The number of aliphatic carboxylic acids is 1. The smallest absolute Gasteiger partial charge is 0.326 e. The molecular weight excluding hydrogens is 358 g/mol. The number of esters is 1. The van der Waals surface area contributed by atoms with Crippen LogP contribution in [0.5, 0.6) is 0 Å². The van der Waals surface area contributed by atoms with Crippen molar-refractivity contribution >= 4 is 28.6 Å². The fourth-order valence-corrected chi connectivity index (χ4v) is 3.17. The third-order valence-corrected chi connectivity index (χ3v) is 4.56. The normalized spacial score (nSPS) is 12.0. The summed E-state index contributed by atoms with van der Waals surface area (Å²) in [5.74, 6) is -1.80. The molecule has 1 amide bonds. The van der Waals surface area contributed by atoms with E-state index in [0.29, 0.717) is 6.54 Å². The molecule has 2 aromatic carbocycles. The van der Waals surface area contributed by atoms with Crippen LogP contribution in [0.4, 0.5) is 0 Å². The van der Waals surface area contributed by atoms with Crippen LogP contribution < -0.4 is 0 Å². The average Bonchev–Trinajstić information content (AvgIpc) is 2.67. The number of benzene rings is 2. The van der Waals surface area contributed by atoms with Crippen LogP contribution in [-0.4, -0.2) is 47.5 Å². The Hall–Kier alpha value is -2.89. The molecule has 1 N–H and O–H groups in total. The van der Waals surface area contributed by atoms with Gasteiger partial charge in [-0.25, -0.2) is 4.79 Å². The Morgan fingerprint density at radius 3 is 2.32 bits per heavy atom. The number of carbonyl (C=O) groups is 3. The largest absolute Gasteiger partial charge is 0.480 e. The lowest BCUT2D eigenvalue weighted by atomic mass is 9.99. The number of methoxy groups -OCH3 is 1. The molecule has 0 spiro atoms. The van der Waals surface area contributed by atoms with Crippen molar-refractivity contribution in [2.45, 2.75) is 39.2 Å². The molecule has 0 bridgehead atoms. The number of carboxylic acids is 1. The predicted octanol–water partition coefficient (Wildman–Crippen LogP) is 3.27. The highest BCUT2D eigenvalue weighted by atomic mass is 16.5. The summed E-state index contributed by atoms with van der Waals surface area (Å²) < 4.78 is 4.58. The van der Waals surface area contributed by atoms with Gasteiger partial charge in [-0.3, -0.25) is 9.59 Å². The van der Waals surface area contributed by atoms with Gasteiger partial charge in [-0.1, -0.05) is 56.3 Å². The van der Waals surface area contributed by atoms with E-state index in [1.165, 1.54) is 12.0 Å². The van der Waals surface area contributed by atoms with E-state index >= 15 is 0 Å². The van der Waals surface area contributed by atoms with Gasteiger partial charge >= 0.3 is 11.9 Å². The minimum Gasteiger partial charge on any atom is -0.480 e. The minimum atomic E-state index is -1.06. The Balaban J connectivity index is 2.25. The van der Waals surface area contributed by atoms with Crippen molar-refractivity contribution in [3.05, 3.63) is 48.0 Å². The van der Waals surface area contributed by atoms with E-state index in [1.54, 1.807) is 0 Å². The molecule has 0 radical (unpaired) electrons. The average molecular weight is 385 g/mol. The first-order chi connectivity index (χ1) is 13.3. The first kappa shape index (κ1) is 21.4. The molecule has 2 rings (SSSR count). The third kappa shape index (κ3) is 5.81. The van der Waals surface area contributed by atoms with Gasteiger partial charge in [0.2, 0.25) is 5.91 Å². The monoisotopic (exact) mass is 385 g/mol. The van der Waals surface area contributed by atoms with E-state index in [0.717, 1.165) is 16.3 Å². The molecule has 6 heteroatoms. The molecule has 0 aliphatic rings. The van der Waals surface area contributed by atoms with E-state index in [-0.39, 0.29) is 31.1 Å². The second-order valence-corrected chi connectivity index (χ2v) is 7.26. The van der Waals surface area contributed by atoms with E-state index in [1.807, 2.05) is 56.3 Å². The molecule has 0 saturated carbocycles. The molecular formula is C22H27NO5. The van der Waals surface area contributed by atoms with Gasteiger partial charge in [0.15, 0.2) is 0 Å². The van der Waals surface area contributed by atoms with Gasteiger partial charge in [-0.05, 0) is 22.3 Å². The van der Waals surface area contributed by atoms with Crippen molar-refractivity contribution < 1.29 is 24.2 Å². The third-order valence-electron chi connectivity index (χ3n) is 4.56. The van der Waals surface area contributed by atoms with E-state index in [9.17, 15) is 19.5 Å². The summed E-state index contributed by atoms with van der Waals surface area (Å²) in [6, 6.07) is 12.7. The first-order valence-corrected chi connectivity index (χ1v) is 9.38. The number of amides is 1. The van der Waals surface area contributed by atoms with Crippen molar-refractivity contribution in [3.63, 3.8) is 0 Å². The molecule has 2 aromatic rings. The van der Waals surface area contributed by atoms with Crippen molar-refractivity contribution in [1.82, 2.24) is 4.90 Å². The summed E-state index contributed by atoms with van der Waals surface area (Å²) in [4.78, 5) is 37.5. The number of nitrogens with zero attached hydrogens (tertiary/aromatic N) is 1. The summed E-state index contributed by atoms with van der Waals surface area (Å²) >= 11 is 0. The van der Waals surface area contributed by atoms with Crippen molar-refractivity contribution in [2.24, 2.45) is 5.92 Å². The van der Waals surface area contributed by atoms with Gasteiger partial charge in [0, 0.05) is 19.4 Å². The summed E-state index contributed by atoms with van der Waals surface area (Å²) in [6.07, 6.45) is 0.0734. The Labute approximate surface area is 165 Å². The van der Waals surface area contributed by atoms with Crippen LogP contribution >= 0.6 is 0 Å². The lowest BCUT2D eigenvalue weighted by molar-refractivity contribution is -0.151. The SMILES string of the molecule is COC(=O)CCC(=O)N(CC(C)C)[C@@H](Cc1ccc2ccccc2c1)C(=O)O.